The molecule has 2 aromatic rings. The first-order valence-corrected chi connectivity index (χ1v) is 9.61. The summed E-state index contributed by atoms with van der Waals surface area (Å²) in [5.41, 5.74) is 0.148. The van der Waals surface area contributed by atoms with Gasteiger partial charge < -0.3 is 19.7 Å². The Bertz CT molecular complexity index is 887. The summed E-state index contributed by atoms with van der Waals surface area (Å²) < 4.78 is 46.4. The molecule has 1 fully saturated rings. The second kappa shape index (κ2) is 10.1. The zero-order valence-electron chi connectivity index (χ0n) is 16.5. The standard InChI is InChI=1S/C20H21F3N4O4/c21-20(22,23)31-16-5-2-1-4-15(16)12-26-17(28)13-30-18(29)14-6-10-27(11-7-14)19-24-8-3-9-25-19/h1-5,8-9,14H,6-7,10-13H2,(H,26,28). The first kappa shape index (κ1) is 22.3. The normalized spacial score (nSPS) is 14.7. The maximum atomic E-state index is 12.5. The number of carbonyl (C=O) groups is 2. The van der Waals surface area contributed by atoms with Crippen molar-refractivity contribution in [2.24, 2.45) is 5.92 Å². The van der Waals surface area contributed by atoms with Crippen molar-refractivity contribution in [2.75, 3.05) is 24.6 Å². The highest BCUT2D eigenvalue weighted by molar-refractivity contribution is 5.81. The number of nitrogens with zero attached hydrogens (tertiary/aromatic N) is 3. The number of piperidine rings is 1. The van der Waals surface area contributed by atoms with Gasteiger partial charge in [0.2, 0.25) is 5.95 Å². The van der Waals surface area contributed by atoms with Crippen LogP contribution in [0, 0.1) is 5.92 Å². The minimum absolute atomic E-state index is 0.148. The maximum absolute atomic E-state index is 12.5. The molecule has 166 valence electrons. The number of esters is 1. The number of hydrogen-bond donors (Lipinski definition) is 1. The average molecular weight is 438 g/mol. The highest BCUT2D eigenvalue weighted by atomic mass is 19.4. The number of amides is 1. The largest absolute Gasteiger partial charge is 0.573 e. The minimum atomic E-state index is -4.84. The SMILES string of the molecule is O=C(COC(=O)C1CCN(c2ncccn2)CC1)NCc1ccccc1OC(F)(F)F. The van der Waals surface area contributed by atoms with Crippen LogP contribution in [0.1, 0.15) is 18.4 Å². The Morgan fingerprint density at radius 2 is 1.77 bits per heavy atom. The second-order valence-corrected chi connectivity index (χ2v) is 6.85. The van der Waals surface area contributed by atoms with Crippen molar-refractivity contribution in [3.63, 3.8) is 0 Å². The molecule has 0 spiro atoms. The lowest BCUT2D eigenvalue weighted by molar-refractivity contribution is -0.274. The van der Waals surface area contributed by atoms with E-state index >= 15 is 0 Å². The Kier molecular flexibility index (Phi) is 7.27. The lowest BCUT2D eigenvalue weighted by Crippen LogP contribution is -2.38. The number of carbonyl (C=O) groups excluding carboxylic acids is 2. The number of benzene rings is 1. The fourth-order valence-corrected chi connectivity index (χ4v) is 3.14. The molecule has 0 saturated carbocycles. The Morgan fingerprint density at radius 1 is 1.10 bits per heavy atom. The highest BCUT2D eigenvalue weighted by Gasteiger charge is 2.32. The number of nitrogens with one attached hydrogen (secondary N) is 1. The molecular weight excluding hydrogens is 417 g/mol. The molecule has 0 radical (unpaired) electrons. The van der Waals surface area contributed by atoms with E-state index in [0.717, 1.165) is 6.07 Å². The van der Waals surface area contributed by atoms with Crippen molar-refractivity contribution in [1.29, 1.82) is 0 Å². The van der Waals surface area contributed by atoms with Crippen LogP contribution in [0.25, 0.3) is 0 Å². The van der Waals surface area contributed by atoms with E-state index in [2.05, 4.69) is 20.0 Å². The summed E-state index contributed by atoms with van der Waals surface area (Å²) in [5, 5.41) is 2.42. The van der Waals surface area contributed by atoms with Crippen LogP contribution in [0.5, 0.6) is 5.75 Å². The average Bonchev–Trinajstić information content (AvgIpc) is 2.76. The molecule has 1 aromatic carbocycles. The Labute approximate surface area is 176 Å². The topological polar surface area (TPSA) is 93.7 Å². The summed E-state index contributed by atoms with van der Waals surface area (Å²) in [7, 11) is 0. The zero-order valence-corrected chi connectivity index (χ0v) is 16.5. The molecule has 0 atom stereocenters. The van der Waals surface area contributed by atoms with E-state index in [1.807, 2.05) is 4.90 Å². The molecule has 3 rings (SSSR count). The molecule has 1 saturated heterocycles. The Hall–Kier alpha value is -3.37. The number of halogens is 3. The van der Waals surface area contributed by atoms with Gasteiger partial charge in [0.05, 0.1) is 5.92 Å². The molecule has 0 bridgehead atoms. The first-order chi connectivity index (χ1) is 14.8. The van der Waals surface area contributed by atoms with Crippen LogP contribution in [0.15, 0.2) is 42.7 Å². The van der Waals surface area contributed by atoms with Gasteiger partial charge in [-0.1, -0.05) is 18.2 Å². The number of aromatic nitrogens is 2. The Balaban J connectivity index is 1.41. The first-order valence-electron chi connectivity index (χ1n) is 9.61. The minimum Gasteiger partial charge on any atom is -0.455 e. The lowest BCUT2D eigenvalue weighted by Gasteiger charge is -2.30. The smallest absolute Gasteiger partial charge is 0.455 e. The molecule has 0 unspecified atom stereocenters. The van der Waals surface area contributed by atoms with E-state index in [4.69, 9.17) is 4.74 Å². The molecular formula is C20H21F3N4O4. The van der Waals surface area contributed by atoms with Gasteiger partial charge >= 0.3 is 12.3 Å². The van der Waals surface area contributed by atoms with Crippen molar-refractivity contribution in [3.8, 4) is 5.75 Å². The van der Waals surface area contributed by atoms with E-state index in [1.165, 1.54) is 18.2 Å². The van der Waals surface area contributed by atoms with Crippen molar-refractivity contribution < 1.29 is 32.2 Å². The van der Waals surface area contributed by atoms with Gasteiger partial charge in [-0.3, -0.25) is 9.59 Å². The molecule has 0 aliphatic carbocycles. The predicted molar refractivity (Wildman–Crippen MR) is 103 cm³/mol. The monoisotopic (exact) mass is 438 g/mol. The molecule has 8 nitrogen and oxygen atoms in total. The van der Waals surface area contributed by atoms with Gasteiger partial charge in [-0.2, -0.15) is 0 Å². The molecule has 1 aliphatic rings. The summed E-state index contributed by atoms with van der Waals surface area (Å²) in [6, 6.07) is 7.20. The summed E-state index contributed by atoms with van der Waals surface area (Å²) in [5.74, 6) is -1.24. The highest BCUT2D eigenvalue weighted by Crippen LogP contribution is 2.26. The number of alkyl halides is 3. The van der Waals surface area contributed by atoms with Crippen LogP contribution in [0.4, 0.5) is 19.1 Å². The van der Waals surface area contributed by atoms with Gasteiger partial charge in [0, 0.05) is 37.6 Å². The van der Waals surface area contributed by atoms with Crippen LogP contribution >= 0.6 is 0 Å². The summed E-state index contributed by atoms with van der Waals surface area (Å²) in [6.45, 7) is 0.471. The van der Waals surface area contributed by atoms with Crippen molar-refractivity contribution in [1.82, 2.24) is 15.3 Å². The summed E-state index contributed by atoms with van der Waals surface area (Å²) in [6.07, 6.45) is -0.455. The van der Waals surface area contributed by atoms with Crippen LogP contribution in [-0.2, 0) is 20.9 Å². The summed E-state index contributed by atoms with van der Waals surface area (Å²) >= 11 is 0. The van der Waals surface area contributed by atoms with Crippen LogP contribution < -0.4 is 15.0 Å². The van der Waals surface area contributed by atoms with Crippen molar-refractivity contribution >= 4 is 17.8 Å². The van der Waals surface area contributed by atoms with E-state index in [1.54, 1.807) is 18.5 Å². The van der Waals surface area contributed by atoms with Gasteiger partial charge in [0.15, 0.2) is 6.61 Å². The van der Waals surface area contributed by atoms with Crippen LogP contribution in [0.3, 0.4) is 0 Å². The number of hydrogen-bond acceptors (Lipinski definition) is 7. The predicted octanol–water partition coefficient (Wildman–Crippen LogP) is 2.45. The molecule has 2 heterocycles. The van der Waals surface area contributed by atoms with Gasteiger partial charge in [0.1, 0.15) is 5.75 Å². The molecule has 1 amide bonds. The molecule has 1 aliphatic heterocycles. The van der Waals surface area contributed by atoms with Gasteiger partial charge in [0.25, 0.3) is 5.91 Å². The third-order valence-electron chi connectivity index (χ3n) is 4.68. The quantitative estimate of drug-likeness (QED) is 0.664. The van der Waals surface area contributed by atoms with Crippen LogP contribution in [-0.4, -0.2) is 47.9 Å². The second-order valence-electron chi connectivity index (χ2n) is 6.85. The fourth-order valence-electron chi connectivity index (χ4n) is 3.14. The van der Waals surface area contributed by atoms with E-state index in [-0.39, 0.29) is 18.0 Å². The van der Waals surface area contributed by atoms with E-state index in [9.17, 15) is 22.8 Å². The van der Waals surface area contributed by atoms with Crippen molar-refractivity contribution in [2.45, 2.75) is 25.7 Å². The third-order valence-corrected chi connectivity index (χ3v) is 4.68. The lowest BCUT2D eigenvalue weighted by atomic mass is 9.97. The van der Waals surface area contributed by atoms with Gasteiger partial charge in [-0.15, -0.1) is 13.2 Å². The Morgan fingerprint density at radius 3 is 2.45 bits per heavy atom. The van der Waals surface area contributed by atoms with Crippen LogP contribution in [0.2, 0.25) is 0 Å². The fraction of sp³-hybridized carbons (Fsp3) is 0.400. The summed E-state index contributed by atoms with van der Waals surface area (Å²) in [4.78, 5) is 34.5. The molecule has 1 N–H and O–H groups in total. The number of anilines is 1. The third kappa shape index (κ3) is 6.83. The van der Waals surface area contributed by atoms with Crippen molar-refractivity contribution in [3.05, 3.63) is 48.3 Å². The van der Waals surface area contributed by atoms with E-state index in [0.29, 0.717) is 31.9 Å². The molecule has 11 heteroatoms. The number of ether oxygens (including phenoxy) is 2. The van der Waals surface area contributed by atoms with Gasteiger partial charge in [-0.05, 0) is 25.0 Å². The number of para-hydroxylation sites is 1. The zero-order chi connectivity index (χ0) is 22.3. The molecule has 31 heavy (non-hydrogen) atoms. The number of rotatable bonds is 7. The van der Waals surface area contributed by atoms with E-state index < -0.39 is 30.6 Å². The molecule has 1 aromatic heterocycles. The maximum Gasteiger partial charge on any atom is 0.573 e. The van der Waals surface area contributed by atoms with Gasteiger partial charge in [-0.25, -0.2) is 9.97 Å².